The number of nitrogens with zero attached hydrogens (tertiary/aromatic N) is 1. The van der Waals surface area contributed by atoms with Gasteiger partial charge in [-0.05, 0) is 18.9 Å². The molecule has 2 rings (SSSR count). The Hall–Kier alpha value is -0.570. The van der Waals surface area contributed by atoms with Crippen LogP contribution in [0.3, 0.4) is 0 Å². The molecule has 0 aromatic rings. The smallest absolute Gasteiger partial charge is 0.223 e. The third kappa shape index (κ3) is 1.78. The third-order valence-electron chi connectivity index (χ3n) is 3.29. The predicted octanol–water partition coefficient (Wildman–Crippen LogP) is 0.853. The third-order valence-corrected chi connectivity index (χ3v) is 3.29. The van der Waals surface area contributed by atoms with Gasteiger partial charge in [0, 0.05) is 31.5 Å². The molecule has 2 fully saturated rings. The maximum Gasteiger partial charge on any atom is 0.223 e. The normalized spacial score (nSPS) is 32.5. The summed E-state index contributed by atoms with van der Waals surface area (Å²) in [4.78, 5) is 13.9. The van der Waals surface area contributed by atoms with E-state index in [1.807, 2.05) is 0 Å². The molecule has 0 aliphatic carbocycles. The number of rotatable bonds is 2. The summed E-state index contributed by atoms with van der Waals surface area (Å²) in [6.07, 6.45) is 1.91. The lowest BCUT2D eigenvalue weighted by molar-refractivity contribution is -0.129. The zero-order chi connectivity index (χ0) is 10.1. The van der Waals surface area contributed by atoms with Crippen molar-refractivity contribution in [3.05, 3.63) is 0 Å². The highest BCUT2D eigenvalue weighted by Crippen LogP contribution is 2.29. The van der Waals surface area contributed by atoms with Crippen molar-refractivity contribution in [1.29, 1.82) is 0 Å². The van der Waals surface area contributed by atoms with Crippen LogP contribution in [0.5, 0.6) is 0 Å². The Kier molecular flexibility index (Phi) is 2.77. The van der Waals surface area contributed by atoms with Crippen LogP contribution in [-0.4, -0.2) is 36.5 Å². The fourth-order valence-corrected chi connectivity index (χ4v) is 2.68. The Bertz CT molecular complexity index is 227. The molecule has 0 bridgehead atoms. The van der Waals surface area contributed by atoms with E-state index in [0.29, 0.717) is 23.8 Å². The Labute approximate surface area is 85.8 Å². The summed E-state index contributed by atoms with van der Waals surface area (Å²) in [5.74, 6) is 1.54. The molecule has 2 aliphatic heterocycles. The second-order valence-electron chi connectivity index (χ2n) is 4.96. The van der Waals surface area contributed by atoms with Crippen LogP contribution in [-0.2, 0) is 4.79 Å². The molecule has 14 heavy (non-hydrogen) atoms. The Balaban J connectivity index is 2.04. The van der Waals surface area contributed by atoms with E-state index in [2.05, 4.69) is 24.1 Å². The average Bonchev–Trinajstić information content (AvgIpc) is 2.43. The fourth-order valence-electron chi connectivity index (χ4n) is 2.68. The number of hydrogen-bond donors (Lipinski definition) is 1. The summed E-state index contributed by atoms with van der Waals surface area (Å²) >= 11 is 0. The fraction of sp³-hybridized carbons (Fsp3) is 0.909. The number of likely N-dealkylation sites (tertiary alicyclic amines) is 1. The molecule has 2 aliphatic rings. The Morgan fingerprint density at radius 1 is 1.57 bits per heavy atom. The maximum atomic E-state index is 11.8. The molecule has 2 unspecified atom stereocenters. The van der Waals surface area contributed by atoms with Crippen molar-refractivity contribution in [1.82, 2.24) is 10.2 Å². The van der Waals surface area contributed by atoms with Crippen LogP contribution in [0.25, 0.3) is 0 Å². The molecule has 1 amide bonds. The number of carbonyl (C=O) groups is 1. The molecule has 3 heteroatoms. The van der Waals surface area contributed by atoms with E-state index in [4.69, 9.17) is 0 Å². The minimum absolute atomic E-state index is 0.373. The first-order chi connectivity index (χ1) is 6.68. The molecule has 0 spiro atoms. The van der Waals surface area contributed by atoms with E-state index in [-0.39, 0.29) is 0 Å². The van der Waals surface area contributed by atoms with Gasteiger partial charge in [-0.25, -0.2) is 0 Å². The summed E-state index contributed by atoms with van der Waals surface area (Å²) in [6.45, 7) is 7.41. The van der Waals surface area contributed by atoms with Gasteiger partial charge in [-0.15, -0.1) is 0 Å². The number of fused-ring (bicyclic) bond motifs is 1. The van der Waals surface area contributed by atoms with Crippen LogP contribution in [0.2, 0.25) is 0 Å². The number of nitrogens with one attached hydrogen (secondary N) is 1. The van der Waals surface area contributed by atoms with Gasteiger partial charge < -0.3 is 10.2 Å². The molecule has 0 aromatic heterocycles. The highest BCUT2D eigenvalue weighted by Gasteiger charge is 2.40. The molecule has 0 saturated carbocycles. The molecule has 3 nitrogen and oxygen atoms in total. The van der Waals surface area contributed by atoms with Crippen molar-refractivity contribution >= 4 is 5.91 Å². The first-order valence-electron chi connectivity index (χ1n) is 5.68. The highest BCUT2D eigenvalue weighted by molar-refractivity contribution is 5.79. The molecule has 0 aromatic carbocycles. The largest absolute Gasteiger partial charge is 0.339 e. The molecule has 80 valence electrons. The van der Waals surface area contributed by atoms with Gasteiger partial charge >= 0.3 is 0 Å². The minimum atomic E-state index is 0.373. The first-order valence-corrected chi connectivity index (χ1v) is 5.68. The lowest BCUT2D eigenvalue weighted by Gasteiger charge is -2.33. The highest BCUT2D eigenvalue weighted by atomic mass is 16.2. The van der Waals surface area contributed by atoms with Crippen LogP contribution in [0.1, 0.15) is 26.7 Å². The molecular weight excluding hydrogens is 176 g/mol. The van der Waals surface area contributed by atoms with Gasteiger partial charge in [0.05, 0.1) is 0 Å². The number of piperidine rings is 1. The second kappa shape index (κ2) is 3.89. The van der Waals surface area contributed by atoms with E-state index in [9.17, 15) is 4.79 Å². The van der Waals surface area contributed by atoms with Crippen molar-refractivity contribution in [2.75, 3.05) is 19.6 Å². The zero-order valence-corrected chi connectivity index (χ0v) is 9.12. The number of carbonyl (C=O) groups excluding carboxylic acids is 1. The van der Waals surface area contributed by atoms with Crippen molar-refractivity contribution in [3.63, 3.8) is 0 Å². The lowest BCUT2D eigenvalue weighted by Crippen LogP contribution is -2.45. The van der Waals surface area contributed by atoms with E-state index >= 15 is 0 Å². The van der Waals surface area contributed by atoms with E-state index in [1.54, 1.807) is 0 Å². The van der Waals surface area contributed by atoms with E-state index in [1.165, 1.54) is 0 Å². The predicted molar refractivity (Wildman–Crippen MR) is 55.9 cm³/mol. The van der Waals surface area contributed by atoms with Gasteiger partial charge in [0.15, 0.2) is 0 Å². The van der Waals surface area contributed by atoms with Crippen molar-refractivity contribution in [2.45, 2.75) is 32.7 Å². The molecule has 2 saturated heterocycles. The molecule has 0 radical (unpaired) electrons. The van der Waals surface area contributed by atoms with Crippen molar-refractivity contribution < 1.29 is 4.79 Å². The lowest BCUT2D eigenvalue weighted by atomic mass is 9.94. The second-order valence-corrected chi connectivity index (χ2v) is 4.96. The van der Waals surface area contributed by atoms with Crippen LogP contribution in [0.4, 0.5) is 0 Å². The van der Waals surface area contributed by atoms with Gasteiger partial charge in [-0.3, -0.25) is 4.79 Å². The Morgan fingerprint density at radius 3 is 3.07 bits per heavy atom. The summed E-state index contributed by atoms with van der Waals surface area (Å²) in [6, 6.07) is 0.533. The van der Waals surface area contributed by atoms with Gasteiger partial charge in [0.1, 0.15) is 0 Å². The topological polar surface area (TPSA) is 32.3 Å². The molecule has 1 N–H and O–H groups in total. The van der Waals surface area contributed by atoms with Crippen LogP contribution in [0, 0.1) is 11.8 Å². The number of hydrogen-bond acceptors (Lipinski definition) is 2. The van der Waals surface area contributed by atoms with Crippen LogP contribution < -0.4 is 5.32 Å². The summed E-state index contributed by atoms with van der Waals surface area (Å²) in [5.41, 5.74) is 0. The summed E-state index contributed by atoms with van der Waals surface area (Å²) < 4.78 is 0. The van der Waals surface area contributed by atoms with Gasteiger partial charge in [0.2, 0.25) is 5.91 Å². The van der Waals surface area contributed by atoms with Crippen LogP contribution >= 0.6 is 0 Å². The first kappa shape index (κ1) is 9.97. The SMILES string of the molecule is CC(C)CN1C(=O)CC2CNCCC21. The maximum absolute atomic E-state index is 11.8. The molecule has 2 heterocycles. The van der Waals surface area contributed by atoms with Crippen LogP contribution in [0.15, 0.2) is 0 Å². The Morgan fingerprint density at radius 2 is 2.36 bits per heavy atom. The van der Waals surface area contributed by atoms with Gasteiger partial charge in [-0.2, -0.15) is 0 Å². The molecular formula is C11H20N2O. The standard InChI is InChI=1S/C11H20N2O/c1-8(2)7-13-10-3-4-12-6-9(10)5-11(13)14/h8-10,12H,3-7H2,1-2H3. The minimum Gasteiger partial charge on any atom is -0.339 e. The molecule has 2 atom stereocenters. The van der Waals surface area contributed by atoms with Crippen molar-refractivity contribution in [2.24, 2.45) is 11.8 Å². The number of amides is 1. The average molecular weight is 196 g/mol. The zero-order valence-electron chi connectivity index (χ0n) is 9.12. The summed E-state index contributed by atoms with van der Waals surface area (Å²) in [7, 11) is 0. The van der Waals surface area contributed by atoms with Gasteiger partial charge in [0.25, 0.3) is 0 Å². The quantitative estimate of drug-likeness (QED) is 0.710. The van der Waals surface area contributed by atoms with E-state index < -0.39 is 0 Å². The summed E-state index contributed by atoms with van der Waals surface area (Å²) in [5, 5.41) is 3.37. The monoisotopic (exact) mass is 196 g/mol. The van der Waals surface area contributed by atoms with E-state index in [0.717, 1.165) is 32.5 Å². The van der Waals surface area contributed by atoms with Gasteiger partial charge in [-0.1, -0.05) is 13.8 Å². The van der Waals surface area contributed by atoms with Crippen molar-refractivity contribution in [3.8, 4) is 0 Å².